The number of carbonyl (C=O) groups is 2. The molecule has 5 aromatic rings. The fraction of sp³-hybridized carbons (Fsp3) is 0.321. The molecule has 5 rings (SSSR count). The fourth-order valence-electron chi connectivity index (χ4n) is 6.66. The van der Waals surface area contributed by atoms with Crippen LogP contribution >= 0.6 is 0 Å². The maximum absolute atomic E-state index is 15.0. The number of halogens is 6. The van der Waals surface area contributed by atoms with E-state index in [9.17, 15) is 35.9 Å². The number of nitrogen functional groups attached to an aromatic ring is 2. The molecular weight excluding hydrogens is 907 g/mol. The van der Waals surface area contributed by atoms with E-state index in [0.717, 1.165) is 50.7 Å². The van der Waals surface area contributed by atoms with Crippen LogP contribution in [0.5, 0.6) is 23.0 Å². The second kappa shape index (κ2) is 27.0. The summed E-state index contributed by atoms with van der Waals surface area (Å²) >= 11 is 0. The van der Waals surface area contributed by atoms with Crippen LogP contribution in [0.3, 0.4) is 0 Å². The van der Waals surface area contributed by atoms with E-state index in [1.54, 1.807) is 12.1 Å². The van der Waals surface area contributed by atoms with Crippen LogP contribution in [0.25, 0.3) is 12.2 Å². The number of ether oxygens (including phenoxy) is 6. The Morgan fingerprint density at radius 3 is 1.29 bits per heavy atom. The minimum absolute atomic E-state index is 0.117. The molecule has 69 heavy (non-hydrogen) atoms. The Hall–Kier alpha value is -7.10. The number of anilines is 2. The predicted octanol–water partition coefficient (Wildman–Crippen LogP) is 12.5. The zero-order chi connectivity index (χ0) is 49.5. The van der Waals surface area contributed by atoms with Crippen molar-refractivity contribution in [2.24, 2.45) is 0 Å². The van der Waals surface area contributed by atoms with Crippen molar-refractivity contribution in [1.82, 2.24) is 0 Å². The number of hydrogen-bond donors (Lipinski definition) is 2. The van der Waals surface area contributed by atoms with Crippen molar-refractivity contribution in [3.05, 3.63) is 155 Å². The molecule has 4 N–H and O–H groups in total. The quantitative estimate of drug-likeness (QED) is 0.0156. The molecule has 0 atom stereocenters. The van der Waals surface area contributed by atoms with Gasteiger partial charge in [-0.25, -0.2) is 9.59 Å². The highest BCUT2D eigenvalue weighted by molar-refractivity contribution is 5.87. The van der Waals surface area contributed by atoms with Gasteiger partial charge in [0.15, 0.2) is 0 Å². The molecule has 0 aliphatic carbocycles. The number of benzene rings is 5. The molecule has 0 bridgehead atoms. The molecule has 0 saturated heterocycles. The first-order valence-electron chi connectivity index (χ1n) is 22.5. The van der Waals surface area contributed by atoms with Gasteiger partial charge in [-0.1, -0.05) is 43.2 Å². The summed E-state index contributed by atoms with van der Waals surface area (Å²) in [7, 11) is 0. The Balaban J connectivity index is 1.08. The molecule has 0 heterocycles. The summed E-state index contributed by atoms with van der Waals surface area (Å²) in [5, 5.41) is 0. The Kier molecular flexibility index (Phi) is 20.7. The molecule has 0 aliphatic rings. The second-order valence-corrected chi connectivity index (χ2v) is 15.8. The van der Waals surface area contributed by atoms with Gasteiger partial charge in [-0.15, -0.1) is 0 Å². The molecule has 0 aliphatic heterocycles. The van der Waals surface area contributed by atoms with Crippen molar-refractivity contribution in [3.63, 3.8) is 0 Å². The number of rotatable bonds is 29. The highest BCUT2D eigenvalue weighted by Gasteiger charge is 2.35. The fourth-order valence-corrected chi connectivity index (χ4v) is 6.66. The molecule has 0 saturated carbocycles. The topological polar surface area (TPSA) is 142 Å². The first kappa shape index (κ1) is 52.9. The van der Waals surface area contributed by atoms with E-state index < -0.39 is 30.1 Å². The summed E-state index contributed by atoms with van der Waals surface area (Å²) in [6, 6.07) is 26.6. The van der Waals surface area contributed by atoms with Crippen LogP contribution in [0.1, 0.15) is 85.1 Å². The van der Waals surface area contributed by atoms with Gasteiger partial charge >= 0.3 is 24.2 Å². The van der Waals surface area contributed by atoms with E-state index >= 15 is 0 Å². The molecule has 0 fully saturated rings. The highest BCUT2D eigenvalue weighted by Crippen LogP contribution is 2.34. The van der Waals surface area contributed by atoms with Crippen molar-refractivity contribution in [3.8, 4) is 23.0 Å². The first-order valence-corrected chi connectivity index (χ1v) is 22.5. The molecule has 16 heteroatoms. The number of esters is 2. The van der Waals surface area contributed by atoms with E-state index in [4.69, 9.17) is 39.9 Å². The van der Waals surface area contributed by atoms with Gasteiger partial charge in [-0.3, -0.25) is 8.78 Å². The molecule has 0 aromatic heterocycles. The SMILES string of the molecule is Nc1ccc(C(COC(=O)C=Cc2ccc(OC(F)(F)c3ccc(OCCCCCCF)cc3)cc2)COC(=O)C=Cc2ccc(OC(F)(F)c3ccc(OCCCCCCF)cc3)cc2)c(N)c1. The maximum Gasteiger partial charge on any atom is 0.426 e. The highest BCUT2D eigenvalue weighted by atomic mass is 19.3. The van der Waals surface area contributed by atoms with Gasteiger partial charge in [0, 0.05) is 23.5 Å². The largest absolute Gasteiger partial charge is 0.494 e. The molecule has 368 valence electrons. The lowest BCUT2D eigenvalue weighted by Gasteiger charge is -2.19. The van der Waals surface area contributed by atoms with Crippen molar-refractivity contribution in [2.45, 2.75) is 69.5 Å². The van der Waals surface area contributed by atoms with Gasteiger partial charge < -0.3 is 39.9 Å². The number of alkyl halides is 6. The average Bonchev–Trinajstić information content (AvgIpc) is 3.33. The second-order valence-electron chi connectivity index (χ2n) is 15.8. The van der Waals surface area contributed by atoms with Crippen molar-refractivity contribution < 1.29 is 64.4 Å². The maximum atomic E-state index is 15.0. The predicted molar refractivity (Wildman–Crippen MR) is 253 cm³/mol. The van der Waals surface area contributed by atoms with Gasteiger partial charge in [0.2, 0.25) is 0 Å². The van der Waals surface area contributed by atoms with Crippen LogP contribution in [-0.2, 0) is 31.3 Å². The summed E-state index contributed by atoms with van der Waals surface area (Å²) in [5.41, 5.74) is 13.5. The number of unbranched alkanes of at least 4 members (excludes halogenated alkanes) is 6. The van der Waals surface area contributed by atoms with E-state index in [1.165, 1.54) is 115 Å². The average molecular weight is 963 g/mol. The van der Waals surface area contributed by atoms with Crippen LogP contribution < -0.4 is 30.4 Å². The zero-order valence-corrected chi connectivity index (χ0v) is 37.9. The third-order valence-corrected chi connectivity index (χ3v) is 10.5. The summed E-state index contributed by atoms with van der Waals surface area (Å²) in [4.78, 5) is 25.6. The third-order valence-electron chi connectivity index (χ3n) is 10.5. The van der Waals surface area contributed by atoms with Crippen molar-refractivity contribution in [1.29, 1.82) is 0 Å². The van der Waals surface area contributed by atoms with Crippen molar-refractivity contribution >= 4 is 35.5 Å². The normalized spacial score (nSPS) is 12.2. The molecule has 5 aromatic carbocycles. The summed E-state index contributed by atoms with van der Waals surface area (Å²) < 4.78 is 116. The lowest BCUT2D eigenvalue weighted by atomic mass is 9.98. The van der Waals surface area contributed by atoms with Crippen LogP contribution in [0.2, 0.25) is 0 Å². The van der Waals surface area contributed by atoms with Crippen LogP contribution in [0.15, 0.2) is 127 Å². The number of nitrogens with two attached hydrogens (primary N) is 2. The Labute approximate surface area is 397 Å². The number of carbonyl (C=O) groups excluding carboxylic acids is 2. The van der Waals surface area contributed by atoms with Gasteiger partial charge in [-0.2, -0.15) is 17.6 Å². The smallest absolute Gasteiger partial charge is 0.426 e. The van der Waals surface area contributed by atoms with E-state index in [-0.39, 0.29) is 54.9 Å². The molecule has 0 spiro atoms. The van der Waals surface area contributed by atoms with Crippen LogP contribution in [0.4, 0.5) is 37.7 Å². The third kappa shape index (κ3) is 18.1. The number of hydrogen-bond acceptors (Lipinski definition) is 10. The van der Waals surface area contributed by atoms with Gasteiger partial charge in [-0.05, 0) is 152 Å². The summed E-state index contributed by atoms with van der Waals surface area (Å²) in [5.74, 6) is -1.59. The zero-order valence-electron chi connectivity index (χ0n) is 37.9. The minimum Gasteiger partial charge on any atom is -0.494 e. The van der Waals surface area contributed by atoms with Gasteiger partial charge in [0.05, 0.1) is 43.6 Å². The van der Waals surface area contributed by atoms with E-state index in [2.05, 4.69) is 0 Å². The summed E-state index contributed by atoms with van der Waals surface area (Å²) in [6.45, 7) is -0.420. The molecule has 0 radical (unpaired) electrons. The first-order chi connectivity index (χ1) is 33.2. The lowest BCUT2D eigenvalue weighted by molar-refractivity contribution is -0.186. The van der Waals surface area contributed by atoms with Crippen LogP contribution in [-0.4, -0.2) is 51.7 Å². The molecule has 10 nitrogen and oxygen atoms in total. The molecular formula is C53H56F6N2O8. The van der Waals surface area contributed by atoms with Crippen LogP contribution in [0, 0.1) is 0 Å². The summed E-state index contributed by atoms with van der Waals surface area (Å²) in [6.07, 6.45) is 3.45. The van der Waals surface area contributed by atoms with Gasteiger partial charge in [0.1, 0.15) is 36.2 Å². The van der Waals surface area contributed by atoms with Gasteiger partial charge in [0.25, 0.3) is 0 Å². The lowest BCUT2D eigenvalue weighted by Crippen LogP contribution is -2.21. The Bertz CT molecular complexity index is 2260. The van der Waals surface area contributed by atoms with E-state index in [0.29, 0.717) is 59.9 Å². The Morgan fingerprint density at radius 1 is 0.507 bits per heavy atom. The molecule has 0 unspecified atom stereocenters. The monoisotopic (exact) mass is 962 g/mol. The van der Waals surface area contributed by atoms with Crippen molar-refractivity contribution in [2.75, 3.05) is 51.2 Å². The minimum atomic E-state index is -3.65. The van der Waals surface area contributed by atoms with E-state index in [1.807, 2.05) is 0 Å². The molecule has 0 amide bonds. The standard InChI is InChI=1S/C53H56F6N2O8/c54-31-5-1-3-7-33-64-44-24-15-41(16-25-44)52(56,57)68-46-20-9-38(10-21-46)13-29-50(62)66-36-40(48-28-19-43(60)35-49(48)61)37-67-51(63)30-14-39-11-22-47(23-12-39)69-53(58,59)42-17-26-45(27-18-42)65-34-8-4-2-6-32-55/h9-30,35,40H,1-8,31-34,36-37,60-61H2. The Morgan fingerprint density at radius 2 is 0.899 bits per heavy atom.